The second-order valence-corrected chi connectivity index (χ2v) is 4.50. The van der Waals surface area contributed by atoms with Crippen molar-refractivity contribution in [1.29, 1.82) is 0 Å². The summed E-state index contributed by atoms with van der Waals surface area (Å²) in [5.41, 5.74) is 0. The third-order valence-corrected chi connectivity index (χ3v) is 3.38. The van der Waals surface area contributed by atoms with E-state index in [9.17, 15) is 4.79 Å². The summed E-state index contributed by atoms with van der Waals surface area (Å²) in [6.07, 6.45) is 2.23. The molecule has 2 heterocycles. The monoisotopic (exact) mass is 227 g/mol. The summed E-state index contributed by atoms with van der Waals surface area (Å²) in [6, 6.07) is 0.595. The van der Waals surface area contributed by atoms with Crippen LogP contribution in [0.2, 0.25) is 0 Å². The lowest BCUT2D eigenvalue weighted by Gasteiger charge is -2.34. The van der Waals surface area contributed by atoms with Crippen LogP contribution >= 0.6 is 0 Å². The van der Waals surface area contributed by atoms with Crippen molar-refractivity contribution in [2.45, 2.75) is 31.9 Å². The van der Waals surface area contributed by atoms with E-state index in [1.165, 1.54) is 12.8 Å². The van der Waals surface area contributed by atoms with E-state index in [4.69, 9.17) is 4.74 Å². The van der Waals surface area contributed by atoms with E-state index in [0.29, 0.717) is 12.6 Å². The average molecular weight is 227 g/mol. The number of hydrogen-bond acceptors (Lipinski definition) is 4. The second-order valence-electron chi connectivity index (χ2n) is 4.50. The molecule has 0 aromatic carbocycles. The molecule has 2 saturated heterocycles. The third kappa shape index (κ3) is 2.86. The Morgan fingerprint density at radius 2 is 2.38 bits per heavy atom. The van der Waals surface area contributed by atoms with Gasteiger partial charge in [-0.1, -0.05) is 6.92 Å². The topological polar surface area (TPSA) is 53.6 Å². The molecule has 0 spiro atoms. The molecule has 0 saturated carbocycles. The Hall–Kier alpha value is -0.810. The standard InChI is InChI=1S/C11H21N3O2/c1-2-14(9-4-3-5-12-6-9)8-10-7-13-11(15)16-10/h9-10,12H,2-8H2,1H3,(H,13,15). The minimum absolute atomic E-state index is 0.0226. The maximum Gasteiger partial charge on any atom is 0.407 e. The Bertz CT molecular complexity index is 241. The molecule has 2 N–H and O–H groups in total. The van der Waals surface area contributed by atoms with Gasteiger partial charge in [0.25, 0.3) is 0 Å². The Kier molecular flexibility index (Phi) is 4.01. The van der Waals surface area contributed by atoms with Gasteiger partial charge in [-0.25, -0.2) is 4.79 Å². The Balaban J connectivity index is 1.82. The largest absolute Gasteiger partial charge is 0.443 e. The molecular formula is C11H21N3O2. The van der Waals surface area contributed by atoms with Crippen molar-refractivity contribution in [3.63, 3.8) is 0 Å². The van der Waals surface area contributed by atoms with Crippen LogP contribution < -0.4 is 10.6 Å². The molecule has 2 rings (SSSR count). The number of nitrogens with one attached hydrogen (secondary N) is 2. The van der Waals surface area contributed by atoms with Crippen LogP contribution in [0.4, 0.5) is 4.79 Å². The molecule has 0 radical (unpaired) electrons. The van der Waals surface area contributed by atoms with Gasteiger partial charge in [-0.3, -0.25) is 4.90 Å². The van der Waals surface area contributed by atoms with E-state index < -0.39 is 0 Å². The number of alkyl carbamates (subject to hydrolysis) is 1. The average Bonchev–Trinajstić information content (AvgIpc) is 2.73. The van der Waals surface area contributed by atoms with Crippen molar-refractivity contribution in [3.05, 3.63) is 0 Å². The normalized spacial score (nSPS) is 30.2. The number of piperidine rings is 1. The van der Waals surface area contributed by atoms with Gasteiger partial charge in [0.15, 0.2) is 0 Å². The highest BCUT2D eigenvalue weighted by molar-refractivity contribution is 5.69. The van der Waals surface area contributed by atoms with Gasteiger partial charge in [0, 0.05) is 19.1 Å². The SMILES string of the molecule is CCN(CC1CNC(=O)O1)C1CCCNC1. The number of hydrogen-bond donors (Lipinski definition) is 2. The van der Waals surface area contributed by atoms with Crippen LogP contribution in [0.15, 0.2) is 0 Å². The highest BCUT2D eigenvalue weighted by atomic mass is 16.6. The van der Waals surface area contributed by atoms with E-state index in [0.717, 1.165) is 26.2 Å². The summed E-state index contributed by atoms with van der Waals surface area (Å²) in [6.45, 7) is 6.87. The first-order valence-electron chi connectivity index (χ1n) is 6.19. The van der Waals surface area contributed by atoms with Gasteiger partial charge < -0.3 is 15.4 Å². The summed E-state index contributed by atoms with van der Waals surface area (Å²) >= 11 is 0. The van der Waals surface area contributed by atoms with Crippen molar-refractivity contribution < 1.29 is 9.53 Å². The molecule has 5 heteroatoms. The third-order valence-electron chi connectivity index (χ3n) is 3.38. The van der Waals surface area contributed by atoms with Crippen molar-refractivity contribution in [1.82, 2.24) is 15.5 Å². The van der Waals surface area contributed by atoms with Crippen LogP contribution in [0.25, 0.3) is 0 Å². The number of nitrogens with zero attached hydrogens (tertiary/aromatic N) is 1. The first kappa shape index (κ1) is 11.7. The summed E-state index contributed by atoms with van der Waals surface area (Å²) in [5.74, 6) is 0. The molecule has 2 fully saturated rings. The number of amides is 1. The van der Waals surface area contributed by atoms with Crippen molar-refractivity contribution in [3.8, 4) is 0 Å². The van der Waals surface area contributed by atoms with Gasteiger partial charge >= 0.3 is 6.09 Å². The van der Waals surface area contributed by atoms with Crippen LogP contribution in [0.1, 0.15) is 19.8 Å². The molecule has 2 atom stereocenters. The lowest BCUT2D eigenvalue weighted by Crippen LogP contribution is -2.48. The zero-order chi connectivity index (χ0) is 11.4. The highest BCUT2D eigenvalue weighted by Crippen LogP contribution is 2.12. The van der Waals surface area contributed by atoms with E-state index in [1.807, 2.05) is 0 Å². The fraction of sp³-hybridized carbons (Fsp3) is 0.909. The van der Waals surface area contributed by atoms with Gasteiger partial charge in [-0.15, -0.1) is 0 Å². The van der Waals surface area contributed by atoms with Gasteiger partial charge in [0.05, 0.1) is 6.54 Å². The van der Waals surface area contributed by atoms with Crippen LogP contribution in [0.3, 0.4) is 0 Å². The molecule has 16 heavy (non-hydrogen) atoms. The quantitative estimate of drug-likeness (QED) is 0.719. The summed E-state index contributed by atoms with van der Waals surface area (Å²) < 4.78 is 5.17. The summed E-state index contributed by atoms with van der Waals surface area (Å²) in [7, 11) is 0. The number of cyclic esters (lactones) is 1. The maximum atomic E-state index is 10.9. The van der Waals surface area contributed by atoms with Crippen molar-refractivity contribution in [2.75, 3.05) is 32.7 Å². The molecule has 2 unspecified atom stereocenters. The molecular weight excluding hydrogens is 206 g/mol. The zero-order valence-corrected chi connectivity index (χ0v) is 9.87. The number of carbonyl (C=O) groups excluding carboxylic acids is 1. The fourth-order valence-electron chi connectivity index (χ4n) is 2.48. The molecule has 1 amide bonds. The van der Waals surface area contributed by atoms with Crippen LogP contribution in [-0.4, -0.2) is 55.9 Å². The van der Waals surface area contributed by atoms with Gasteiger partial charge in [0.2, 0.25) is 0 Å². The molecule has 2 aliphatic rings. The van der Waals surface area contributed by atoms with Crippen molar-refractivity contribution >= 4 is 6.09 Å². The Labute approximate surface area is 96.5 Å². The number of rotatable bonds is 4. The Morgan fingerprint density at radius 3 is 2.94 bits per heavy atom. The van der Waals surface area contributed by atoms with Crippen molar-refractivity contribution in [2.24, 2.45) is 0 Å². The lowest BCUT2D eigenvalue weighted by molar-refractivity contribution is 0.0847. The number of carbonyl (C=O) groups is 1. The molecule has 0 bridgehead atoms. The smallest absolute Gasteiger partial charge is 0.407 e. The van der Waals surface area contributed by atoms with Gasteiger partial charge in [0.1, 0.15) is 6.10 Å². The Morgan fingerprint density at radius 1 is 1.50 bits per heavy atom. The zero-order valence-electron chi connectivity index (χ0n) is 9.87. The molecule has 0 aromatic rings. The van der Waals surface area contributed by atoms with E-state index in [2.05, 4.69) is 22.5 Å². The summed E-state index contributed by atoms with van der Waals surface area (Å²) in [4.78, 5) is 13.3. The lowest BCUT2D eigenvalue weighted by atomic mass is 10.1. The minimum Gasteiger partial charge on any atom is -0.443 e. The second kappa shape index (κ2) is 5.50. The molecule has 2 aliphatic heterocycles. The predicted molar refractivity (Wildman–Crippen MR) is 61.4 cm³/mol. The molecule has 92 valence electrons. The summed E-state index contributed by atoms with van der Waals surface area (Å²) in [5, 5.41) is 6.12. The van der Waals surface area contributed by atoms with Gasteiger partial charge in [-0.05, 0) is 25.9 Å². The molecule has 0 aromatic heterocycles. The van der Waals surface area contributed by atoms with Crippen LogP contribution in [-0.2, 0) is 4.74 Å². The highest BCUT2D eigenvalue weighted by Gasteiger charge is 2.27. The first-order valence-corrected chi connectivity index (χ1v) is 6.19. The minimum atomic E-state index is -0.275. The number of likely N-dealkylation sites (N-methyl/N-ethyl adjacent to an activating group) is 1. The maximum absolute atomic E-state index is 10.9. The van der Waals surface area contributed by atoms with Crippen LogP contribution in [0.5, 0.6) is 0 Å². The fourth-order valence-corrected chi connectivity index (χ4v) is 2.48. The van der Waals surface area contributed by atoms with E-state index in [-0.39, 0.29) is 12.2 Å². The van der Waals surface area contributed by atoms with Crippen LogP contribution in [0, 0.1) is 0 Å². The van der Waals surface area contributed by atoms with E-state index in [1.54, 1.807) is 0 Å². The number of ether oxygens (including phenoxy) is 1. The van der Waals surface area contributed by atoms with Gasteiger partial charge in [-0.2, -0.15) is 0 Å². The molecule has 0 aliphatic carbocycles. The van der Waals surface area contributed by atoms with E-state index >= 15 is 0 Å². The first-order chi connectivity index (χ1) is 7.79. The predicted octanol–water partition coefficient (Wildman–Crippen LogP) is 0.169. The molecule has 5 nitrogen and oxygen atoms in total.